The molecule has 1 aromatic carbocycles. The molecule has 0 radical (unpaired) electrons. The van der Waals surface area contributed by atoms with Crippen LogP contribution in [0.2, 0.25) is 0 Å². The first-order valence-corrected chi connectivity index (χ1v) is 5.89. The summed E-state index contributed by atoms with van der Waals surface area (Å²) in [5, 5.41) is 6.27. The number of carbonyl (C=O) groups excluding carboxylic acids is 1. The maximum atomic E-state index is 12.0. The summed E-state index contributed by atoms with van der Waals surface area (Å²) >= 11 is 0. The smallest absolute Gasteiger partial charge is 0.408 e. The van der Waals surface area contributed by atoms with Crippen LogP contribution in [0.3, 0.4) is 0 Å². The van der Waals surface area contributed by atoms with Crippen LogP contribution in [0.25, 0.3) is 11.1 Å². The standard InChI is InChI=1S/C13H11N3O4/c1-7-5-11(15-20-7)14-12(17)8-3-4-9-10(6-8)19-13(18)16(9)2/h3-6H,1-2H3,(H,14,15,17). The van der Waals surface area contributed by atoms with Gasteiger partial charge in [-0.1, -0.05) is 5.16 Å². The van der Waals surface area contributed by atoms with Crippen molar-refractivity contribution in [3.05, 3.63) is 46.1 Å². The molecule has 7 heteroatoms. The Kier molecular flexibility index (Phi) is 2.67. The number of anilines is 1. The highest BCUT2D eigenvalue weighted by Gasteiger charge is 2.12. The van der Waals surface area contributed by atoms with Gasteiger partial charge in [0.1, 0.15) is 5.76 Å². The Hall–Kier alpha value is -2.83. The fourth-order valence-corrected chi connectivity index (χ4v) is 1.89. The van der Waals surface area contributed by atoms with Gasteiger partial charge >= 0.3 is 5.76 Å². The molecule has 1 amide bonds. The highest BCUT2D eigenvalue weighted by molar-refractivity contribution is 6.05. The van der Waals surface area contributed by atoms with E-state index in [1.807, 2.05) is 0 Å². The molecule has 0 spiro atoms. The van der Waals surface area contributed by atoms with Gasteiger partial charge in [0.2, 0.25) is 0 Å². The van der Waals surface area contributed by atoms with E-state index in [0.717, 1.165) is 0 Å². The van der Waals surface area contributed by atoms with E-state index in [9.17, 15) is 9.59 Å². The predicted molar refractivity (Wildman–Crippen MR) is 70.6 cm³/mol. The number of oxazole rings is 1. The molecule has 3 aromatic rings. The molecule has 0 atom stereocenters. The molecule has 0 bridgehead atoms. The number of benzene rings is 1. The van der Waals surface area contributed by atoms with Crippen LogP contribution in [0.1, 0.15) is 16.1 Å². The van der Waals surface area contributed by atoms with E-state index in [1.54, 1.807) is 32.2 Å². The van der Waals surface area contributed by atoms with Crippen molar-refractivity contribution in [3.8, 4) is 0 Å². The molecule has 0 unspecified atom stereocenters. The molecule has 7 nitrogen and oxygen atoms in total. The van der Waals surface area contributed by atoms with Gasteiger partial charge in [0.25, 0.3) is 5.91 Å². The van der Waals surface area contributed by atoms with Crippen molar-refractivity contribution in [2.75, 3.05) is 5.32 Å². The van der Waals surface area contributed by atoms with Gasteiger partial charge in [-0.3, -0.25) is 9.36 Å². The molecule has 0 saturated carbocycles. The Morgan fingerprint density at radius 3 is 2.85 bits per heavy atom. The molecule has 0 aliphatic heterocycles. The van der Waals surface area contributed by atoms with Crippen LogP contribution in [0.15, 0.2) is 38.0 Å². The van der Waals surface area contributed by atoms with Crippen molar-refractivity contribution in [3.63, 3.8) is 0 Å². The van der Waals surface area contributed by atoms with Gasteiger partial charge in [0.15, 0.2) is 11.4 Å². The first-order chi connectivity index (χ1) is 9.54. The zero-order chi connectivity index (χ0) is 14.3. The zero-order valence-corrected chi connectivity index (χ0v) is 10.8. The number of fused-ring (bicyclic) bond motifs is 1. The second kappa shape index (κ2) is 4.37. The Morgan fingerprint density at radius 2 is 2.15 bits per heavy atom. The Balaban J connectivity index is 1.93. The highest BCUT2D eigenvalue weighted by Crippen LogP contribution is 2.16. The number of rotatable bonds is 2. The summed E-state index contributed by atoms with van der Waals surface area (Å²) in [5.74, 6) is 0.114. The van der Waals surface area contributed by atoms with Crippen LogP contribution in [-0.2, 0) is 7.05 Å². The van der Waals surface area contributed by atoms with Gasteiger partial charge in [-0.2, -0.15) is 0 Å². The predicted octanol–water partition coefficient (Wildman–Crippen LogP) is 1.68. The van der Waals surface area contributed by atoms with Crippen molar-refractivity contribution in [1.29, 1.82) is 0 Å². The molecule has 1 N–H and O–H groups in total. The minimum absolute atomic E-state index is 0.335. The maximum absolute atomic E-state index is 12.0. The van der Waals surface area contributed by atoms with Crippen LogP contribution in [0.4, 0.5) is 5.82 Å². The lowest BCUT2D eigenvalue weighted by atomic mass is 10.2. The van der Waals surface area contributed by atoms with Gasteiger partial charge < -0.3 is 14.3 Å². The fraction of sp³-hybridized carbons (Fsp3) is 0.154. The lowest BCUT2D eigenvalue weighted by Gasteiger charge is -2.01. The zero-order valence-electron chi connectivity index (χ0n) is 10.8. The molecule has 102 valence electrons. The first kappa shape index (κ1) is 12.2. The Labute approximate surface area is 112 Å². The summed E-state index contributed by atoms with van der Waals surface area (Å²) in [6.07, 6.45) is 0. The van der Waals surface area contributed by atoms with Crippen LogP contribution in [0, 0.1) is 6.92 Å². The number of carbonyl (C=O) groups is 1. The maximum Gasteiger partial charge on any atom is 0.419 e. The Morgan fingerprint density at radius 1 is 1.35 bits per heavy atom. The van der Waals surface area contributed by atoms with Crippen molar-refractivity contribution >= 4 is 22.8 Å². The van der Waals surface area contributed by atoms with Gasteiger partial charge in [-0.15, -0.1) is 0 Å². The van der Waals surface area contributed by atoms with Crippen molar-refractivity contribution in [1.82, 2.24) is 9.72 Å². The average molecular weight is 273 g/mol. The van der Waals surface area contributed by atoms with Gasteiger partial charge in [0, 0.05) is 18.7 Å². The largest absolute Gasteiger partial charge is 0.419 e. The van der Waals surface area contributed by atoms with Gasteiger partial charge in [0.05, 0.1) is 5.52 Å². The summed E-state index contributed by atoms with van der Waals surface area (Å²) in [6, 6.07) is 6.39. The van der Waals surface area contributed by atoms with E-state index >= 15 is 0 Å². The van der Waals surface area contributed by atoms with E-state index in [-0.39, 0.29) is 5.91 Å². The number of amides is 1. The van der Waals surface area contributed by atoms with Gasteiger partial charge in [-0.05, 0) is 25.1 Å². The molecule has 2 aromatic heterocycles. The lowest BCUT2D eigenvalue weighted by Crippen LogP contribution is -2.12. The topological polar surface area (TPSA) is 90.3 Å². The molecule has 0 aliphatic carbocycles. The lowest BCUT2D eigenvalue weighted by molar-refractivity contribution is 0.102. The van der Waals surface area contributed by atoms with E-state index in [4.69, 9.17) is 8.94 Å². The molecule has 2 heterocycles. The van der Waals surface area contributed by atoms with E-state index in [2.05, 4.69) is 10.5 Å². The van der Waals surface area contributed by atoms with Crippen LogP contribution in [0.5, 0.6) is 0 Å². The molecule has 0 aliphatic rings. The average Bonchev–Trinajstić information content (AvgIpc) is 2.94. The number of hydrogen-bond acceptors (Lipinski definition) is 5. The number of aromatic nitrogens is 2. The molecule has 0 fully saturated rings. The third-order valence-electron chi connectivity index (χ3n) is 2.92. The number of nitrogens with one attached hydrogen (secondary N) is 1. The van der Waals surface area contributed by atoms with Crippen LogP contribution >= 0.6 is 0 Å². The summed E-state index contributed by atoms with van der Waals surface area (Å²) in [7, 11) is 1.60. The molecular weight excluding hydrogens is 262 g/mol. The second-order valence-corrected chi connectivity index (χ2v) is 4.39. The number of aryl methyl sites for hydroxylation is 2. The quantitative estimate of drug-likeness (QED) is 0.767. The summed E-state index contributed by atoms with van der Waals surface area (Å²) in [5.41, 5.74) is 1.36. The summed E-state index contributed by atoms with van der Waals surface area (Å²) < 4.78 is 11.3. The third-order valence-corrected chi connectivity index (χ3v) is 2.92. The monoisotopic (exact) mass is 273 g/mol. The van der Waals surface area contributed by atoms with Crippen molar-refractivity contribution in [2.45, 2.75) is 6.92 Å². The number of nitrogens with zero attached hydrogens (tertiary/aromatic N) is 2. The minimum Gasteiger partial charge on any atom is -0.408 e. The third kappa shape index (κ3) is 1.99. The highest BCUT2D eigenvalue weighted by atomic mass is 16.5. The Bertz CT molecular complexity index is 856. The second-order valence-electron chi connectivity index (χ2n) is 4.39. The number of hydrogen-bond donors (Lipinski definition) is 1. The normalized spacial score (nSPS) is 10.9. The molecule has 0 saturated heterocycles. The SMILES string of the molecule is Cc1cc(NC(=O)c2ccc3c(c2)oc(=O)n3C)no1. The summed E-state index contributed by atoms with van der Waals surface area (Å²) in [6.45, 7) is 1.73. The van der Waals surface area contributed by atoms with Crippen molar-refractivity contribution in [2.24, 2.45) is 7.05 Å². The van der Waals surface area contributed by atoms with E-state index in [1.165, 1.54) is 10.6 Å². The molecule has 20 heavy (non-hydrogen) atoms. The fourth-order valence-electron chi connectivity index (χ4n) is 1.89. The molecule has 3 rings (SSSR count). The molecular formula is C13H11N3O4. The van der Waals surface area contributed by atoms with E-state index < -0.39 is 5.76 Å². The summed E-state index contributed by atoms with van der Waals surface area (Å²) in [4.78, 5) is 23.4. The van der Waals surface area contributed by atoms with Crippen LogP contribution in [-0.4, -0.2) is 15.6 Å². The minimum atomic E-state index is -0.468. The first-order valence-electron chi connectivity index (χ1n) is 5.89. The van der Waals surface area contributed by atoms with Crippen molar-refractivity contribution < 1.29 is 13.7 Å². The van der Waals surface area contributed by atoms with Gasteiger partial charge in [-0.25, -0.2) is 4.79 Å². The van der Waals surface area contributed by atoms with E-state index in [0.29, 0.717) is 28.2 Å². The van der Waals surface area contributed by atoms with Crippen LogP contribution < -0.4 is 11.1 Å².